The number of hydrogen-bond donors (Lipinski definition) is 1. The molecule has 0 radical (unpaired) electrons. The molecule has 8 heteroatoms. The second-order valence-electron chi connectivity index (χ2n) is 7.60. The van der Waals surface area contributed by atoms with Crippen LogP contribution in [0.2, 0.25) is 0 Å². The van der Waals surface area contributed by atoms with Crippen LogP contribution in [0.15, 0.2) is 35.5 Å². The van der Waals surface area contributed by atoms with Gasteiger partial charge < -0.3 is 5.32 Å². The van der Waals surface area contributed by atoms with Crippen LogP contribution in [0.3, 0.4) is 0 Å². The summed E-state index contributed by atoms with van der Waals surface area (Å²) in [6.45, 7) is 3.77. The normalized spacial score (nSPS) is 18.0. The number of urea groups is 1. The Morgan fingerprint density at radius 1 is 1.25 bits per heavy atom. The van der Waals surface area contributed by atoms with Gasteiger partial charge >= 0.3 is 6.03 Å². The molecule has 2 aliphatic heterocycles. The molecule has 1 aromatic carbocycles. The number of benzene rings is 1. The second-order valence-corrected chi connectivity index (χ2v) is 7.60. The molecular weight excluding hydrogens is 356 g/mol. The van der Waals surface area contributed by atoms with Gasteiger partial charge in [-0.25, -0.2) is 9.48 Å². The molecule has 3 amide bonds. The third-order valence-corrected chi connectivity index (χ3v) is 5.41. The van der Waals surface area contributed by atoms with E-state index in [1.165, 1.54) is 17.7 Å². The first-order valence-corrected chi connectivity index (χ1v) is 9.67. The summed E-state index contributed by atoms with van der Waals surface area (Å²) < 4.78 is 1.72. The van der Waals surface area contributed by atoms with Crippen molar-refractivity contribution in [3.8, 4) is 5.69 Å². The number of aliphatic imine (C=N–C) groups is 1. The number of hydrogen-bond acceptors (Lipinski definition) is 4. The molecule has 0 saturated heterocycles. The number of aryl methyl sites for hydroxylation is 1. The van der Waals surface area contributed by atoms with Gasteiger partial charge in [-0.1, -0.05) is 17.7 Å². The fraction of sp³-hybridized carbons (Fsp3) is 0.400. The zero-order chi connectivity index (χ0) is 19.3. The monoisotopic (exact) mass is 378 g/mol. The van der Waals surface area contributed by atoms with Gasteiger partial charge in [0.2, 0.25) is 5.91 Å². The van der Waals surface area contributed by atoms with E-state index in [0.717, 1.165) is 16.8 Å². The van der Waals surface area contributed by atoms with E-state index in [4.69, 9.17) is 0 Å². The molecule has 0 bridgehead atoms. The number of nitrogens with zero attached hydrogens (tertiary/aromatic N) is 5. The van der Waals surface area contributed by atoms with Crippen LogP contribution < -0.4 is 10.2 Å². The van der Waals surface area contributed by atoms with Crippen molar-refractivity contribution in [1.29, 1.82) is 0 Å². The molecule has 1 aromatic heterocycles. The zero-order valence-corrected chi connectivity index (χ0v) is 15.8. The van der Waals surface area contributed by atoms with Gasteiger partial charge in [-0.15, -0.1) is 0 Å². The molecule has 0 unspecified atom stereocenters. The topological polar surface area (TPSA) is 82.8 Å². The number of carbonyl (C=O) groups excluding carboxylic acids is 2. The van der Waals surface area contributed by atoms with E-state index in [9.17, 15) is 9.59 Å². The molecule has 3 heterocycles. The fourth-order valence-corrected chi connectivity index (χ4v) is 3.66. The summed E-state index contributed by atoms with van der Waals surface area (Å²) in [4.78, 5) is 33.3. The Bertz CT molecular complexity index is 973. The van der Waals surface area contributed by atoms with Gasteiger partial charge in [0.1, 0.15) is 12.4 Å². The summed E-state index contributed by atoms with van der Waals surface area (Å²) in [5, 5.41) is 7.47. The highest BCUT2D eigenvalue weighted by atomic mass is 16.2. The lowest BCUT2D eigenvalue weighted by Gasteiger charge is -2.33. The number of carbonyl (C=O) groups is 2. The number of amides is 3. The highest BCUT2D eigenvalue weighted by Crippen LogP contribution is 2.33. The molecule has 5 rings (SSSR count). The molecule has 3 aliphatic rings. The van der Waals surface area contributed by atoms with Crippen LogP contribution in [0.5, 0.6) is 0 Å². The molecule has 1 saturated carbocycles. The predicted octanol–water partition coefficient (Wildman–Crippen LogP) is 1.71. The van der Waals surface area contributed by atoms with Gasteiger partial charge in [0.05, 0.1) is 24.0 Å². The lowest BCUT2D eigenvalue weighted by Crippen LogP contribution is -2.53. The van der Waals surface area contributed by atoms with Crippen molar-refractivity contribution in [3.63, 3.8) is 0 Å². The smallest absolute Gasteiger partial charge is 0.331 e. The van der Waals surface area contributed by atoms with Crippen LogP contribution >= 0.6 is 0 Å². The van der Waals surface area contributed by atoms with Gasteiger partial charge in [-0.3, -0.25) is 19.6 Å². The maximum atomic E-state index is 13.1. The van der Waals surface area contributed by atoms with Crippen LogP contribution in [0.25, 0.3) is 5.69 Å². The van der Waals surface area contributed by atoms with Gasteiger partial charge in [0.15, 0.2) is 5.82 Å². The second kappa shape index (κ2) is 6.47. The van der Waals surface area contributed by atoms with Crippen LogP contribution in [0.4, 0.5) is 10.6 Å². The molecular formula is C20H22N6O2. The van der Waals surface area contributed by atoms with E-state index >= 15 is 0 Å². The van der Waals surface area contributed by atoms with Gasteiger partial charge in [0.25, 0.3) is 0 Å². The minimum atomic E-state index is -0.223. The molecule has 1 fully saturated rings. The maximum absolute atomic E-state index is 13.1. The van der Waals surface area contributed by atoms with Crippen molar-refractivity contribution in [1.82, 2.24) is 20.0 Å². The molecule has 0 atom stereocenters. The third-order valence-electron chi connectivity index (χ3n) is 5.41. The van der Waals surface area contributed by atoms with E-state index in [2.05, 4.69) is 15.4 Å². The number of rotatable bonds is 5. The minimum Gasteiger partial charge on any atom is -0.354 e. The zero-order valence-electron chi connectivity index (χ0n) is 15.8. The van der Waals surface area contributed by atoms with Crippen LogP contribution in [-0.4, -0.2) is 58.6 Å². The number of anilines is 1. The number of aromatic nitrogens is 2. The van der Waals surface area contributed by atoms with Crippen molar-refractivity contribution in [3.05, 3.63) is 41.6 Å². The molecule has 1 N–H and O–H groups in total. The summed E-state index contributed by atoms with van der Waals surface area (Å²) >= 11 is 0. The fourth-order valence-electron chi connectivity index (χ4n) is 3.66. The van der Waals surface area contributed by atoms with Gasteiger partial charge in [-0.05, 0) is 37.8 Å². The van der Waals surface area contributed by atoms with Gasteiger partial charge in [0, 0.05) is 13.1 Å². The molecule has 0 spiro atoms. The van der Waals surface area contributed by atoms with Gasteiger partial charge in [-0.2, -0.15) is 5.10 Å². The molecule has 28 heavy (non-hydrogen) atoms. The first-order valence-electron chi connectivity index (χ1n) is 9.67. The Hall–Kier alpha value is -3.16. The van der Waals surface area contributed by atoms with Crippen molar-refractivity contribution in [2.24, 2.45) is 10.9 Å². The van der Waals surface area contributed by atoms with E-state index in [1.807, 2.05) is 31.2 Å². The Morgan fingerprint density at radius 2 is 2.04 bits per heavy atom. The Labute approximate surface area is 162 Å². The maximum Gasteiger partial charge on any atom is 0.331 e. The lowest BCUT2D eigenvalue weighted by atomic mass is 10.2. The molecule has 144 valence electrons. The largest absolute Gasteiger partial charge is 0.354 e. The lowest BCUT2D eigenvalue weighted by molar-refractivity contribution is -0.119. The first-order chi connectivity index (χ1) is 13.6. The van der Waals surface area contributed by atoms with Crippen molar-refractivity contribution >= 4 is 23.6 Å². The number of fused-ring (bicyclic) bond motifs is 3. The third kappa shape index (κ3) is 2.85. The standard InChI is InChI=1S/C20H22N6O2/c1-13-2-6-15(7-3-13)26-19-16(11-23-26)18-21-8-9-24(18)20(28)25(19)12-17(27)22-10-14-4-5-14/h2-3,6-7,11,14H,4-5,8-10,12H2,1H3,(H,22,27). The quantitative estimate of drug-likeness (QED) is 0.860. The van der Waals surface area contributed by atoms with E-state index in [0.29, 0.717) is 37.2 Å². The molecule has 2 aromatic rings. The average molecular weight is 378 g/mol. The predicted molar refractivity (Wildman–Crippen MR) is 105 cm³/mol. The van der Waals surface area contributed by atoms with Crippen molar-refractivity contribution < 1.29 is 9.59 Å². The number of amidine groups is 1. The van der Waals surface area contributed by atoms with E-state index < -0.39 is 0 Å². The highest BCUT2D eigenvalue weighted by molar-refractivity contribution is 6.20. The van der Waals surface area contributed by atoms with Crippen LogP contribution in [-0.2, 0) is 4.79 Å². The average Bonchev–Trinajstić information content (AvgIpc) is 3.21. The summed E-state index contributed by atoms with van der Waals surface area (Å²) in [6, 6.07) is 7.70. The minimum absolute atomic E-state index is 0.0279. The first kappa shape index (κ1) is 17.0. The SMILES string of the molecule is Cc1ccc(-n2ncc3c2N(CC(=O)NCC2CC2)C(=O)N2CCN=C32)cc1. The van der Waals surface area contributed by atoms with Crippen LogP contribution in [0.1, 0.15) is 24.0 Å². The molecule has 8 nitrogen and oxygen atoms in total. The summed E-state index contributed by atoms with van der Waals surface area (Å²) in [6.07, 6.45) is 4.07. The van der Waals surface area contributed by atoms with E-state index in [1.54, 1.807) is 15.8 Å². The number of nitrogens with one attached hydrogen (secondary N) is 1. The Kier molecular flexibility index (Phi) is 3.92. The summed E-state index contributed by atoms with van der Waals surface area (Å²) in [7, 11) is 0. The Morgan fingerprint density at radius 3 is 2.79 bits per heavy atom. The Balaban J connectivity index is 1.52. The highest BCUT2D eigenvalue weighted by Gasteiger charge is 2.41. The summed E-state index contributed by atoms with van der Waals surface area (Å²) in [5.74, 6) is 1.69. The van der Waals surface area contributed by atoms with E-state index in [-0.39, 0.29) is 18.5 Å². The molecule has 1 aliphatic carbocycles. The van der Waals surface area contributed by atoms with Crippen molar-refractivity contribution in [2.45, 2.75) is 19.8 Å². The summed E-state index contributed by atoms with van der Waals surface area (Å²) in [5.41, 5.74) is 2.77. The van der Waals surface area contributed by atoms with Crippen molar-refractivity contribution in [2.75, 3.05) is 31.1 Å². The van der Waals surface area contributed by atoms with Crippen LogP contribution in [0, 0.1) is 12.8 Å².